The molecular weight excluding hydrogens is 478 g/mol. The van der Waals surface area contributed by atoms with E-state index in [0.717, 1.165) is 6.42 Å². The second-order valence-corrected chi connectivity index (χ2v) is 8.45. The SMILES string of the molecule is NC(N)=NCCCC(NC(=O)C1CCCN1)C(=O)NC(CS)C(=O)NC(Cc1cnc[nH]1)C(=O)O. The minimum absolute atomic E-state index is 0.0217. The first-order valence-electron chi connectivity index (χ1n) is 11.2. The Morgan fingerprint density at radius 3 is 2.46 bits per heavy atom. The van der Waals surface area contributed by atoms with E-state index in [1.165, 1.54) is 12.5 Å². The Balaban J connectivity index is 2.02. The summed E-state index contributed by atoms with van der Waals surface area (Å²) in [5.41, 5.74) is 11.2. The number of hydrogen-bond acceptors (Lipinski definition) is 8. The molecule has 1 saturated heterocycles. The van der Waals surface area contributed by atoms with Crippen LogP contribution in [0.1, 0.15) is 31.4 Å². The molecule has 15 heteroatoms. The molecule has 2 rings (SSSR count). The fraction of sp³-hybridized carbons (Fsp3) is 0.600. The fourth-order valence-corrected chi connectivity index (χ4v) is 3.77. The van der Waals surface area contributed by atoms with Gasteiger partial charge in [-0.15, -0.1) is 0 Å². The van der Waals surface area contributed by atoms with E-state index in [2.05, 4.69) is 48.9 Å². The Bertz CT molecular complexity index is 886. The number of carboxylic acid groups (broad SMARTS) is 1. The molecular formula is C20H33N9O5S. The zero-order valence-corrected chi connectivity index (χ0v) is 20.1. The number of aliphatic imine (C=N–C) groups is 1. The summed E-state index contributed by atoms with van der Waals surface area (Å²) < 4.78 is 0. The average molecular weight is 512 g/mol. The van der Waals surface area contributed by atoms with E-state index in [-0.39, 0.29) is 37.0 Å². The Kier molecular flexibility index (Phi) is 11.3. The Morgan fingerprint density at radius 1 is 1.17 bits per heavy atom. The third-order valence-corrected chi connectivity index (χ3v) is 5.73. The van der Waals surface area contributed by atoms with Crippen molar-refractivity contribution in [1.82, 2.24) is 31.2 Å². The van der Waals surface area contributed by atoms with Gasteiger partial charge in [0.2, 0.25) is 17.7 Å². The van der Waals surface area contributed by atoms with Gasteiger partial charge in [0.1, 0.15) is 18.1 Å². The summed E-state index contributed by atoms with van der Waals surface area (Å²) in [6.45, 7) is 0.971. The molecule has 0 bridgehead atoms. The van der Waals surface area contributed by atoms with E-state index >= 15 is 0 Å². The van der Waals surface area contributed by atoms with Gasteiger partial charge in [0.05, 0.1) is 12.4 Å². The molecule has 4 atom stereocenters. The number of nitrogens with two attached hydrogens (primary N) is 2. The number of hydrogen-bond donors (Lipinski definition) is 9. The summed E-state index contributed by atoms with van der Waals surface area (Å²) in [5, 5.41) is 20.2. The highest BCUT2D eigenvalue weighted by atomic mass is 32.1. The Labute approximate surface area is 207 Å². The summed E-state index contributed by atoms with van der Waals surface area (Å²) in [7, 11) is 0. The maximum atomic E-state index is 13.0. The van der Waals surface area contributed by atoms with Gasteiger partial charge in [-0.3, -0.25) is 19.4 Å². The maximum Gasteiger partial charge on any atom is 0.326 e. The fourth-order valence-electron chi connectivity index (χ4n) is 3.51. The first-order valence-corrected chi connectivity index (χ1v) is 11.8. The number of amides is 3. The highest BCUT2D eigenvalue weighted by Gasteiger charge is 2.31. The number of aliphatic carboxylic acids is 1. The van der Waals surface area contributed by atoms with Crippen LogP contribution in [0.3, 0.4) is 0 Å². The summed E-state index contributed by atoms with van der Waals surface area (Å²) in [5.74, 6) is -3.06. The molecule has 1 aliphatic rings. The first-order chi connectivity index (χ1) is 16.7. The quantitative estimate of drug-likeness (QED) is 0.0544. The van der Waals surface area contributed by atoms with Gasteiger partial charge >= 0.3 is 5.97 Å². The van der Waals surface area contributed by atoms with Crippen molar-refractivity contribution in [2.75, 3.05) is 18.8 Å². The second-order valence-electron chi connectivity index (χ2n) is 8.08. The van der Waals surface area contributed by atoms with Gasteiger partial charge in [0.25, 0.3) is 0 Å². The highest BCUT2D eigenvalue weighted by Crippen LogP contribution is 2.07. The normalized spacial score (nSPS) is 17.6. The van der Waals surface area contributed by atoms with Gasteiger partial charge in [0.15, 0.2) is 5.96 Å². The van der Waals surface area contributed by atoms with Crippen LogP contribution < -0.4 is 32.7 Å². The summed E-state index contributed by atoms with van der Waals surface area (Å²) in [6.07, 6.45) is 4.96. The summed E-state index contributed by atoms with van der Waals surface area (Å²) in [6, 6.07) is -3.72. The highest BCUT2D eigenvalue weighted by molar-refractivity contribution is 7.80. The van der Waals surface area contributed by atoms with Gasteiger partial charge in [-0.2, -0.15) is 12.6 Å². The van der Waals surface area contributed by atoms with E-state index in [4.69, 9.17) is 11.5 Å². The lowest BCUT2D eigenvalue weighted by atomic mass is 10.1. The van der Waals surface area contributed by atoms with E-state index in [0.29, 0.717) is 25.1 Å². The molecule has 0 aliphatic carbocycles. The number of carboxylic acids is 1. The molecule has 14 nitrogen and oxygen atoms in total. The predicted molar refractivity (Wildman–Crippen MR) is 131 cm³/mol. The number of carbonyl (C=O) groups excluding carboxylic acids is 3. The number of guanidine groups is 1. The predicted octanol–water partition coefficient (Wildman–Crippen LogP) is -2.77. The first kappa shape index (κ1) is 27.9. The molecule has 194 valence electrons. The number of rotatable bonds is 14. The van der Waals surface area contributed by atoms with Crippen molar-refractivity contribution < 1.29 is 24.3 Å². The van der Waals surface area contributed by atoms with E-state index in [1.54, 1.807) is 0 Å². The number of carbonyl (C=O) groups is 4. The lowest BCUT2D eigenvalue weighted by molar-refractivity contribution is -0.142. The van der Waals surface area contributed by atoms with Gasteiger partial charge in [-0.25, -0.2) is 9.78 Å². The van der Waals surface area contributed by atoms with Crippen LogP contribution in [0.4, 0.5) is 0 Å². The number of imidazole rings is 1. The van der Waals surface area contributed by atoms with E-state index in [9.17, 15) is 24.3 Å². The molecule has 3 amide bonds. The molecule has 35 heavy (non-hydrogen) atoms. The van der Waals surface area contributed by atoms with Crippen LogP contribution in [0.15, 0.2) is 17.5 Å². The molecule has 2 heterocycles. The topological polar surface area (TPSA) is 230 Å². The molecule has 0 radical (unpaired) electrons. The van der Waals surface area contributed by atoms with Crippen molar-refractivity contribution >= 4 is 42.3 Å². The minimum atomic E-state index is -1.24. The summed E-state index contributed by atoms with van der Waals surface area (Å²) in [4.78, 5) is 60.4. The smallest absolute Gasteiger partial charge is 0.326 e. The zero-order chi connectivity index (χ0) is 25.8. The van der Waals surface area contributed by atoms with Crippen LogP contribution in [-0.2, 0) is 25.6 Å². The second kappa shape index (κ2) is 14.2. The number of nitrogens with one attached hydrogen (secondary N) is 5. The maximum absolute atomic E-state index is 13.0. The molecule has 4 unspecified atom stereocenters. The molecule has 0 saturated carbocycles. The summed E-state index contributed by atoms with van der Waals surface area (Å²) >= 11 is 4.13. The molecule has 1 fully saturated rings. The Morgan fingerprint density at radius 2 is 1.89 bits per heavy atom. The molecule has 0 aromatic carbocycles. The zero-order valence-electron chi connectivity index (χ0n) is 19.2. The molecule has 1 aromatic rings. The van der Waals surface area contributed by atoms with Crippen molar-refractivity contribution in [3.63, 3.8) is 0 Å². The van der Waals surface area contributed by atoms with Crippen LogP contribution >= 0.6 is 12.6 Å². The monoisotopic (exact) mass is 511 g/mol. The van der Waals surface area contributed by atoms with E-state index < -0.39 is 42.0 Å². The minimum Gasteiger partial charge on any atom is -0.480 e. The lowest BCUT2D eigenvalue weighted by Crippen LogP contribution is -2.57. The number of aromatic amines is 1. The van der Waals surface area contributed by atoms with Gasteiger partial charge < -0.3 is 42.8 Å². The van der Waals surface area contributed by atoms with Crippen LogP contribution in [-0.4, -0.2) is 87.7 Å². The Hall–Kier alpha value is -3.33. The molecule has 1 aliphatic heterocycles. The molecule has 1 aromatic heterocycles. The largest absolute Gasteiger partial charge is 0.480 e. The van der Waals surface area contributed by atoms with Crippen LogP contribution in [0.5, 0.6) is 0 Å². The number of nitrogens with zero attached hydrogens (tertiary/aromatic N) is 2. The van der Waals surface area contributed by atoms with Gasteiger partial charge in [-0.1, -0.05) is 0 Å². The average Bonchev–Trinajstić information content (AvgIpc) is 3.52. The van der Waals surface area contributed by atoms with Gasteiger partial charge in [-0.05, 0) is 32.2 Å². The molecule has 0 spiro atoms. The van der Waals surface area contributed by atoms with Crippen molar-refractivity contribution in [3.05, 3.63) is 18.2 Å². The lowest BCUT2D eigenvalue weighted by Gasteiger charge is -2.24. The van der Waals surface area contributed by atoms with E-state index in [1.807, 2.05) is 0 Å². The van der Waals surface area contributed by atoms with Crippen molar-refractivity contribution in [2.24, 2.45) is 16.5 Å². The van der Waals surface area contributed by atoms with Gasteiger partial charge in [0, 0.05) is 30.6 Å². The molecule has 10 N–H and O–H groups in total. The third kappa shape index (κ3) is 9.44. The van der Waals surface area contributed by atoms with Crippen LogP contribution in [0.2, 0.25) is 0 Å². The number of aromatic nitrogens is 2. The van der Waals surface area contributed by atoms with Crippen LogP contribution in [0, 0.1) is 0 Å². The third-order valence-electron chi connectivity index (χ3n) is 5.36. The number of thiol groups is 1. The number of H-pyrrole nitrogens is 1. The van der Waals surface area contributed by atoms with Crippen LogP contribution in [0.25, 0.3) is 0 Å². The van der Waals surface area contributed by atoms with Crippen molar-refractivity contribution in [1.29, 1.82) is 0 Å². The van der Waals surface area contributed by atoms with Crippen molar-refractivity contribution in [3.8, 4) is 0 Å². The standard InChI is InChI=1S/C20H33N9O5S/c21-20(22)25-6-2-4-13(27-16(30)12-3-1-5-24-12)17(31)29-15(9-35)18(32)28-14(19(33)34)7-11-8-23-10-26-11/h8,10,12-15,24,35H,1-7,9H2,(H,23,26)(H,27,30)(H,28,32)(H,29,31)(H,33,34)(H4,21,22,25). The van der Waals surface area contributed by atoms with Crippen molar-refractivity contribution in [2.45, 2.75) is 56.3 Å².